The van der Waals surface area contributed by atoms with Gasteiger partial charge in [-0.1, -0.05) is 36.4 Å². The van der Waals surface area contributed by atoms with E-state index in [2.05, 4.69) is 10.3 Å². The van der Waals surface area contributed by atoms with Crippen LogP contribution in [0.3, 0.4) is 0 Å². The molecule has 0 aliphatic rings. The maximum Gasteiger partial charge on any atom is 0.196 e. The Kier molecular flexibility index (Phi) is 3.67. The molecule has 0 unspecified atom stereocenters. The van der Waals surface area contributed by atoms with Gasteiger partial charge >= 0.3 is 0 Å². The molecule has 0 radical (unpaired) electrons. The van der Waals surface area contributed by atoms with E-state index < -0.39 is 0 Å². The van der Waals surface area contributed by atoms with Gasteiger partial charge in [0.25, 0.3) is 0 Å². The number of benzene rings is 4. The van der Waals surface area contributed by atoms with Gasteiger partial charge in [-0.15, -0.1) is 0 Å². The molecule has 0 bridgehead atoms. The van der Waals surface area contributed by atoms with Gasteiger partial charge in [0, 0.05) is 23.4 Å². The molecular formula is C22H16N2O4. The molecule has 0 aliphatic carbocycles. The molecule has 138 valence electrons. The van der Waals surface area contributed by atoms with Crippen molar-refractivity contribution >= 4 is 49.4 Å². The number of fused-ring (bicyclic) bond motifs is 5. The van der Waals surface area contributed by atoms with Gasteiger partial charge in [-0.2, -0.15) is 0 Å². The molecule has 0 spiro atoms. The Balaban J connectivity index is 2.07. The van der Waals surface area contributed by atoms with Crippen LogP contribution in [0.4, 0.5) is 5.69 Å². The van der Waals surface area contributed by atoms with Crippen molar-refractivity contribution in [3.8, 4) is 0 Å². The van der Waals surface area contributed by atoms with Gasteiger partial charge in [0.05, 0.1) is 34.1 Å². The summed E-state index contributed by atoms with van der Waals surface area (Å²) in [6.07, 6.45) is 0. The minimum absolute atomic E-state index is 0.105. The van der Waals surface area contributed by atoms with Gasteiger partial charge < -0.3 is 19.8 Å². The van der Waals surface area contributed by atoms with Crippen molar-refractivity contribution in [1.82, 2.24) is 4.98 Å². The number of anilines is 1. The number of aromatic amines is 1. The largest absolute Gasteiger partial charge is 0.453 e. The molecule has 0 saturated carbocycles. The molecule has 5 aromatic rings. The molecule has 0 amide bonds. The highest BCUT2D eigenvalue weighted by Gasteiger charge is 2.18. The quantitative estimate of drug-likeness (QED) is 0.333. The standard InChI is InChI=1S/C22H16N2O4/c25-10-9-23-15-11-17-20(24-14-7-3-4-8-16(14)28-17)19-18(15)21(26)12-5-1-2-6-13(12)22(19)27/h1-8,11,23-25H,9-10H2. The summed E-state index contributed by atoms with van der Waals surface area (Å²) in [5.74, 6) is 0. The number of para-hydroxylation sites is 2. The molecule has 28 heavy (non-hydrogen) atoms. The maximum absolute atomic E-state index is 13.3. The van der Waals surface area contributed by atoms with Gasteiger partial charge in [0.1, 0.15) is 0 Å². The lowest BCUT2D eigenvalue weighted by atomic mass is 9.99. The molecule has 0 fully saturated rings. The van der Waals surface area contributed by atoms with E-state index in [9.17, 15) is 14.7 Å². The molecule has 0 aliphatic heterocycles. The first-order valence-corrected chi connectivity index (χ1v) is 8.97. The van der Waals surface area contributed by atoms with Gasteiger partial charge in [0.2, 0.25) is 0 Å². The third-order valence-corrected chi connectivity index (χ3v) is 4.96. The average Bonchev–Trinajstić information content (AvgIpc) is 2.73. The highest BCUT2D eigenvalue weighted by atomic mass is 16.3. The Morgan fingerprint density at radius 3 is 2.32 bits per heavy atom. The zero-order valence-corrected chi connectivity index (χ0v) is 14.8. The van der Waals surface area contributed by atoms with Gasteiger partial charge in [-0.25, -0.2) is 0 Å². The first kappa shape index (κ1) is 16.5. The second-order valence-corrected chi connectivity index (χ2v) is 6.62. The lowest BCUT2D eigenvalue weighted by Crippen LogP contribution is -2.16. The highest BCUT2D eigenvalue weighted by Crippen LogP contribution is 2.30. The first-order chi connectivity index (χ1) is 13.7. The van der Waals surface area contributed by atoms with Gasteiger partial charge in [-0.05, 0) is 12.1 Å². The first-order valence-electron chi connectivity index (χ1n) is 8.97. The summed E-state index contributed by atoms with van der Waals surface area (Å²) < 4.78 is 6.01. The number of hydrogen-bond donors (Lipinski definition) is 3. The number of nitrogens with one attached hydrogen (secondary N) is 2. The van der Waals surface area contributed by atoms with Crippen molar-refractivity contribution in [3.63, 3.8) is 0 Å². The minimum Gasteiger partial charge on any atom is -0.453 e. The summed E-state index contributed by atoms with van der Waals surface area (Å²) in [4.78, 5) is 29.8. The van der Waals surface area contributed by atoms with E-state index in [1.54, 1.807) is 30.3 Å². The fourth-order valence-corrected chi connectivity index (χ4v) is 3.72. The van der Waals surface area contributed by atoms with Crippen molar-refractivity contribution in [2.24, 2.45) is 0 Å². The summed E-state index contributed by atoms with van der Waals surface area (Å²) >= 11 is 0. The van der Waals surface area contributed by atoms with Crippen molar-refractivity contribution in [2.45, 2.75) is 0 Å². The van der Waals surface area contributed by atoms with Crippen molar-refractivity contribution in [3.05, 3.63) is 75.0 Å². The molecule has 3 N–H and O–H groups in total. The Hall–Kier alpha value is -3.64. The predicted molar refractivity (Wildman–Crippen MR) is 111 cm³/mol. The molecule has 1 aromatic heterocycles. The topological polar surface area (TPSA) is 95.3 Å². The molecule has 0 saturated heterocycles. The summed E-state index contributed by atoms with van der Waals surface area (Å²) in [6.45, 7) is 0.144. The minimum atomic E-state index is -0.232. The van der Waals surface area contributed by atoms with E-state index in [4.69, 9.17) is 4.42 Å². The fraction of sp³-hybridized carbons (Fsp3) is 0.0909. The second-order valence-electron chi connectivity index (χ2n) is 6.62. The monoisotopic (exact) mass is 372 g/mol. The van der Waals surface area contributed by atoms with Crippen LogP contribution in [-0.2, 0) is 0 Å². The van der Waals surface area contributed by atoms with Crippen LogP contribution in [0, 0.1) is 0 Å². The smallest absolute Gasteiger partial charge is 0.196 e. The van der Waals surface area contributed by atoms with Crippen LogP contribution in [-0.4, -0.2) is 23.2 Å². The van der Waals surface area contributed by atoms with E-state index in [0.717, 1.165) is 5.52 Å². The number of H-pyrrole nitrogens is 1. The van der Waals surface area contributed by atoms with E-state index >= 15 is 0 Å². The zero-order valence-electron chi connectivity index (χ0n) is 14.8. The van der Waals surface area contributed by atoms with Crippen LogP contribution >= 0.6 is 0 Å². The maximum atomic E-state index is 13.3. The van der Waals surface area contributed by atoms with Crippen LogP contribution in [0.15, 0.2) is 68.6 Å². The van der Waals surface area contributed by atoms with Crippen LogP contribution in [0.5, 0.6) is 0 Å². The molecule has 6 heteroatoms. The van der Waals surface area contributed by atoms with Crippen LogP contribution in [0.25, 0.3) is 43.7 Å². The Bertz CT molecular complexity index is 1500. The molecule has 4 aromatic carbocycles. The van der Waals surface area contributed by atoms with Crippen molar-refractivity contribution in [2.75, 3.05) is 18.5 Å². The molecule has 1 heterocycles. The SMILES string of the molecule is O=c1c2ccccc2c(=O)c2c1c(NCCO)cc1oc3ccccc3[nH]c12. The fourth-order valence-electron chi connectivity index (χ4n) is 3.72. The van der Waals surface area contributed by atoms with Gasteiger partial charge in [0.15, 0.2) is 22.0 Å². The number of aromatic nitrogens is 1. The molecule has 6 nitrogen and oxygen atoms in total. The number of hydrogen-bond acceptors (Lipinski definition) is 5. The third-order valence-electron chi connectivity index (χ3n) is 4.96. The van der Waals surface area contributed by atoms with E-state index in [1.165, 1.54) is 0 Å². The van der Waals surface area contributed by atoms with Crippen LogP contribution in [0.2, 0.25) is 0 Å². The average molecular weight is 372 g/mol. The predicted octanol–water partition coefficient (Wildman–Crippen LogP) is 3.35. The number of aliphatic hydroxyl groups excluding tert-OH is 1. The van der Waals surface area contributed by atoms with E-state index in [1.807, 2.05) is 24.3 Å². The Morgan fingerprint density at radius 2 is 1.57 bits per heavy atom. The van der Waals surface area contributed by atoms with Gasteiger partial charge in [-0.3, -0.25) is 9.59 Å². The Morgan fingerprint density at radius 1 is 0.893 bits per heavy atom. The third kappa shape index (κ3) is 2.32. The lowest BCUT2D eigenvalue weighted by Gasteiger charge is -2.12. The number of rotatable bonds is 3. The summed E-state index contributed by atoms with van der Waals surface area (Å²) in [5, 5.41) is 13.6. The summed E-state index contributed by atoms with van der Waals surface area (Å²) in [6, 6.07) is 15.9. The van der Waals surface area contributed by atoms with Crippen molar-refractivity contribution < 1.29 is 9.52 Å². The zero-order chi connectivity index (χ0) is 19.3. The molecular weight excluding hydrogens is 356 g/mol. The normalized spacial score (nSPS) is 11.6. The second kappa shape index (κ2) is 6.21. The van der Waals surface area contributed by atoms with Crippen LogP contribution in [0.1, 0.15) is 0 Å². The summed E-state index contributed by atoms with van der Waals surface area (Å²) in [5.41, 5.74) is 2.32. The summed E-state index contributed by atoms with van der Waals surface area (Å²) in [7, 11) is 0. The van der Waals surface area contributed by atoms with E-state index in [-0.39, 0.29) is 29.4 Å². The lowest BCUT2D eigenvalue weighted by molar-refractivity contribution is 0.311. The van der Waals surface area contributed by atoms with E-state index in [0.29, 0.717) is 38.5 Å². The molecule has 5 rings (SSSR count). The number of aliphatic hydroxyl groups is 1. The molecule has 0 atom stereocenters. The highest BCUT2D eigenvalue weighted by molar-refractivity contribution is 6.14. The van der Waals surface area contributed by atoms with Crippen molar-refractivity contribution in [1.29, 1.82) is 0 Å². The van der Waals surface area contributed by atoms with Crippen LogP contribution < -0.4 is 16.2 Å². The Labute approximate surface area is 158 Å².